The van der Waals surface area contributed by atoms with Crippen LogP contribution >= 0.6 is 23.4 Å². The molecule has 27 heavy (non-hydrogen) atoms. The molecule has 1 fully saturated rings. The van der Waals surface area contributed by atoms with E-state index in [0.717, 1.165) is 0 Å². The first-order valence-electron chi connectivity index (χ1n) is 8.24. The first kappa shape index (κ1) is 19.3. The SMILES string of the molecule is CC1(NC(=O)O)CCN(c2cnc(Sc3ccnc(N)c3Cl)c(N)n2)CC1. The topological polar surface area (TPSA) is 143 Å². The van der Waals surface area contributed by atoms with Crippen LogP contribution in [0.4, 0.5) is 22.2 Å². The lowest BCUT2D eigenvalue weighted by Crippen LogP contribution is -2.53. The number of carboxylic acid groups (broad SMARTS) is 1. The summed E-state index contributed by atoms with van der Waals surface area (Å²) in [6.45, 7) is 3.22. The molecule has 0 saturated carbocycles. The smallest absolute Gasteiger partial charge is 0.405 e. The highest BCUT2D eigenvalue weighted by molar-refractivity contribution is 7.99. The van der Waals surface area contributed by atoms with E-state index in [2.05, 4.69) is 20.3 Å². The minimum Gasteiger partial charge on any atom is -0.465 e. The zero-order valence-electron chi connectivity index (χ0n) is 14.6. The van der Waals surface area contributed by atoms with Crippen LogP contribution in [0.25, 0.3) is 0 Å². The maximum atomic E-state index is 10.9. The summed E-state index contributed by atoms with van der Waals surface area (Å²) < 4.78 is 0. The van der Waals surface area contributed by atoms with Gasteiger partial charge in [0.1, 0.15) is 16.7 Å². The van der Waals surface area contributed by atoms with Crippen LogP contribution in [-0.4, -0.2) is 44.8 Å². The molecular weight excluding hydrogens is 390 g/mol. The molecule has 0 bridgehead atoms. The van der Waals surface area contributed by atoms with E-state index in [9.17, 15) is 4.79 Å². The Morgan fingerprint density at radius 1 is 1.33 bits per heavy atom. The summed E-state index contributed by atoms with van der Waals surface area (Å²) in [5.41, 5.74) is 11.4. The molecule has 0 atom stereocenters. The standard InChI is InChI=1S/C16H20ClN7O2S/c1-16(23-15(25)26)3-6-24(7-4-16)10-8-21-14(13(19)22-10)27-9-2-5-20-12(18)11(9)17/h2,5,8,23H,3-4,6-7H2,1H3,(H2,18,20)(H2,19,22)(H,25,26). The third kappa shape index (κ3) is 4.45. The molecule has 1 amide bonds. The molecule has 9 nitrogen and oxygen atoms in total. The number of rotatable bonds is 4. The fourth-order valence-corrected chi connectivity index (χ4v) is 3.86. The molecule has 144 valence electrons. The molecular formula is C16H20ClN7O2S. The zero-order chi connectivity index (χ0) is 19.6. The van der Waals surface area contributed by atoms with E-state index in [1.165, 1.54) is 11.8 Å². The molecule has 3 rings (SSSR count). The van der Waals surface area contributed by atoms with E-state index in [0.29, 0.717) is 52.5 Å². The van der Waals surface area contributed by atoms with E-state index < -0.39 is 11.6 Å². The average molecular weight is 410 g/mol. The summed E-state index contributed by atoms with van der Waals surface area (Å²) >= 11 is 7.43. The van der Waals surface area contributed by atoms with Gasteiger partial charge >= 0.3 is 6.09 Å². The number of halogens is 1. The Labute approximate surface area is 165 Å². The summed E-state index contributed by atoms with van der Waals surface area (Å²) in [7, 11) is 0. The molecule has 0 aliphatic carbocycles. The molecule has 2 aromatic rings. The van der Waals surface area contributed by atoms with E-state index in [1.807, 2.05) is 11.8 Å². The number of anilines is 3. The van der Waals surface area contributed by atoms with Crippen molar-refractivity contribution < 1.29 is 9.90 Å². The van der Waals surface area contributed by atoms with Crippen LogP contribution in [-0.2, 0) is 0 Å². The van der Waals surface area contributed by atoms with Crippen molar-refractivity contribution in [3.63, 3.8) is 0 Å². The highest BCUT2D eigenvalue weighted by Gasteiger charge is 2.32. The Bertz CT molecular complexity index is 859. The van der Waals surface area contributed by atoms with Crippen LogP contribution in [0.5, 0.6) is 0 Å². The van der Waals surface area contributed by atoms with Crippen molar-refractivity contribution in [2.24, 2.45) is 0 Å². The quantitative estimate of drug-likeness (QED) is 0.598. The van der Waals surface area contributed by atoms with Crippen molar-refractivity contribution >= 4 is 46.9 Å². The monoisotopic (exact) mass is 409 g/mol. The van der Waals surface area contributed by atoms with Gasteiger partial charge in [0.2, 0.25) is 0 Å². The first-order valence-corrected chi connectivity index (χ1v) is 9.43. The van der Waals surface area contributed by atoms with Crippen LogP contribution < -0.4 is 21.7 Å². The van der Waals surface area contributed by atoms with Crippen molar-refractivity contribution in [1.29, 1.82) is 0 Å². The Balaban J connectivity index is 1.70. The number of hydrogen-bond donors (Lipinski definition) is 4. The molecule has 1 aliphatic heterocycles. The zero-order valence-corrected chi connectivity index (χ0v) is 16.2. The van der Waals surface area contributed by atoms with E-state index in [4.69, 9.17) is 28.2 Å². The molecule has 0 spiro atoms. The number of hydrogen-bond acceptors (Lipinski definition) is 8. The normalized spacial score (nSPS) is 16.1. The molecule has 2 aromatic heterocycles. The van der Waals surface area contributed by atoms with Crippen molar-refractivity contribution in [2.45, 2.75) is 35.2 Å². The van der Waals surface area contributed by atoms with Crippen LogP contribution in [0.1, 0.15) is 19.8 Å². The van der Waals surface area contributed by atoms with Gasteiger partial charge in [-0.3, -0.25) is 0 Å². The number of piperidine rings is 1. The predicted molar refractivity (Wildman–Crippen MR) is 105 cm³/mol. The Hall–Kier alpha value is -2.46. The molecule has 11 heteroatoms. The minimum absolute atomic E-state index is 0.246. The lowest BCUT2D eigenvalue weighted by molar-refractivity contribution is 0.173. The van der Waals surface area contributed by atoms with Crippen molar-refractivity contribution in [3.8, 4) is 0 Å². The Kier molecular flexibility index (Phi) is 5.47. The fraction of sp³-hybridized carbons (Fsp3) is 0.375. The molecule has 6 N–H and O–H groups in total. The van der Waals surface area contributed by atoms with Gasteiger partial charge in [0.15, 0.2) is 5.82 Å². The number of nitrogens with two attached hydrogens (primary N) is 2. The fourth-order valence-electron chi connectivity index (χ4n) is 2.85. The number of amides is 1. The molecule has 0 aromatic carbocycles. The van der Waals surface area contributed by atoms with Crippen LogP contribution in [0.3, 0.4) is 0 Å². The molecule has 0 radical (unpaired) electrons. The van der Waals surface area contributed by atoms with Gasteiger partial charge < -0.3 is 26.8 Å². The number of aromatic nitrogens is 3. The van der Waals surface area contributed by atoms with Gasteiger partial charge in [0.25, 0.3) is 0 Å². The maximum Gasteiger partial charge on any atom is 0.405 e. The third-order valence-electron chi connectivity index (χ3n) is 4.44. The van der Waals surface area contributed by atoms with E-state index in [1.54, 1.807) is 18.5 Å². The van der Waals surface area contributed by atoms with Gasteiger partial charge in [0.05, 0.1) is 11.2 Å². The van der Waals surface area contributed by atoms with Gasteiger partial charge in [-0.05, 0) is 25.8 Å². The number of nitrogens with zero attached hydrogens (tertiary/aromatic N) is 4. The summed E-state index contributed by atoms with van der Waals surface area (Å²) in [6, 6.07) is 1.74. The van der Waals surface area contributed by atoms with Gasteiger partial charge in [-0.1, -0.05) is 23.4 Å². The number of pyridine rings is 1. The van der Waals surface area contributed by atoms with Crippen LogP contribution in [0, 0.1) is 0 Å². The van der Waals surface area contributed by atoms with Gasteiger partial charge in [0, 0.05) is 29.7 Å². The van der Waals surface area contributed by atoms with Gasteiger partial charge in [-0.2, -0.15) is 0 Å². The lowest BCUT2D eigenvalue weighted by Gasteiger charge is -2.39. The summed E-state index contributed by atoms with van der Waals surface area (Å²) in [6.07, 6.45) is 3.56. The lowest BCUT2D eigenvalue weighted by atomic mass is 9.90. The van der Waals surface area contributed by atoms with Crippen molar-refractivity contribution in [1.82, 2.24) is 20.3 Å². The summed E-state index contributed by atoms with van der Waals surface area (Å²) in [5.74, 6) is 1.20. The van der Waals surface area contributed by atoms with Crippen LogP contribution in [0.2, 0.25) is 5.02 Å². The molecule has 0 unspecified atom stereocenters. The van der Waals surface area contributed by atoms with Crippen LogP contribution in [0.15, 0.2) is 28.4 Å². The second-order valence-corrected chi connectivity index (χ2v) is 7.92. The van der Waals surface area contributed by atoms with Crippen molar-refractivity contribution in [2.75, 3.05) is 29.5 Å². The predicted octanol–water partition coefficient (Wildman–Crippen LogP) is 2.47. The number of nitrogen functional groups attached to an aromatic ring is 2. The van der Waals surface area contributed by atoms with Crippen molar-refractivity contribution in [3.05, 3.63) is 23.5 Å². The van der Waals surface area contributed by atoms with E-state index >= 15 is 0 Å². The Morgan fingerprint density at radius 2 is 2.04 bits per heavy atom. The number of nitrogens with one attached hydrogen (secondary N) is 1. The third-order valence-corrected chi connectivity index (χ3v) is 6.02. The highest BCUT2D eigenvalue weighted by Crippen LogP contribution is 2.37. The average Bonchev–Trinajstić information content (AvgIpc) is 2.60. The number of carbonyl (C=O) groups is 1. The minimum atomic E-state index is -1.01. The second kappa shape index (κ2) is 7.65. The summed E-state index contributed by atoms with van der Waals surface area (Å²) in [5, 5.41) is 12.4. The largest absolute Gasteiger partial charge is 0.465 e. The molecule has 3 heterocycles. The Morgan fingerprint density at radius 3 is 2.67 bits per heavy atom. The second-order valence-electron chi connectivity index (χ2n) is 6.51. The maximum absolute atomic E-state index is 10.9. The first-order chi connectivity index (χ1) is 12.8. The van der Waals surface area contributed by atoms with Gasteiger partial charge in [-0.15, -0.1) is 0 Å². The van der Waals surface area contributed by atoms with Gasteiger partial charge in [-0.25, -0.2) is 19.7 Å². The summed E-state index contributed by atoms with van der Waals surface area (Å²) in [4.78, 5) is 26.4. The molecule has 1 saturated heterocycles. The molecule has 1 aliphatic rings. The van der Waals surface area contributed by atoms with E-state index in [-0.39, 0.29) is 5.82 Å². The highest BCUT2D eigenvalue weighted by atomic mass is 35.5.